The number of anilines is 1. The number of carbonyl (C=O) groups is 1. The SMILES string of the molecule is COCCOC1CCN(c2ccc(-c3cc(=O)c(C(=O)O)co3)cc2)C1. The zero-order chi connectivity index (χ0) is 18.5. The normalized spacial score (nSPS) is 16.8. The quantitative estimate of drug-likeness (QED) is 0.758. The molecule has 1 unspecified atom stereocenters. The first-order valence-corrected chi connectivity index (χ1v) is 8.40. The van der Waals surface area contributed by atoms with Crippen molar-refractivity contribution in [1.82, 2.24) is 0 Å². The number of hydrogen-bond acceptors (Lipinski definition) is 6. The van der Waals surface area contributed by atoms with Crippen LogP contribution in [0, 0.1) is 0 Å². The van der Waals surface area contributed by atoms with Gasteiger partial charge in [0.15, 0.2) is 5.43 Å². The molecule has 1 atom stereocenters. The fourth-order valence-electron chi connectivity index (χ4n) is 2.95. The average Bonchev–Trinajstić information content (AvgIpc) is 3.10. The lowest BCUT2D eigenvalue weighted by Crippen LogP contribution is -2.23. The number of methoxy groups -OCH3 is 1. The Balaban J connectivity index is 1.67. The minimum absolute atomic E-state index is 0.200. The molecule has 26 heavy (non-hydrogen) atoms. The van der Waals surface area contributed by atoms with E-state index in [0.29, 0.717) is 19.0 Å². The van der Waals surface area contributed by atoms with Crippen LogP contribution in [-0.4, -0.2) is 50.6 Å². The minimum Gasteiger partial charge on any atom is -0.477 e. The van der Waals surface area contributed by atoms with Gasteiger partial charge in [-0.25, -0.2) is 4.79 Å². The highest BCUT2D eigenvalue weighted by Crippen LogP contribution is 2.26. The molecule has 1 fully saturated rings. The van der Waals surface area contributed by atoms with Crippen LogP contribution in [0.5, 0.6) is 0 Å². The summed E-state index contributed by atoms with van der Waals surface area (Å²) < 4.78 is 16.1. The number of carboxylic acids is 1. The third-order valence-electron chi connectivity index (χ3n) is 4.36. The molecule has 1 aromatic carbocycles. The predicted molar refractivity (Wildman–Crippen MR) is 95.8 cm³/mol. The maximum atomic E-state index is 11.8. The van der Waals surface area contributed by atoms with Gasteiger partial charge >= 0.3 is 5.97 Å². The summed E-state index contributed by atoms with van der Waals surface area (Å²) in [5, 5.41) is 8.89. The fraction of sp³-hybridized carbons (Fsp3) is 0.368. The summed E-state index contributed by atoms with van der Waals surface area (Å²) in [6.45, 7) is 2.93. The van der Waals surface area contributed by atoms with Gasteiger partial charge < -0.3 is 23.9 Å². The van der Waals surface area contributed by atoms with Crippen molar-refractivity contribution in [1.29, 1.82) is 0 Å². The summed E-state index contributed by atoms with van der Waals surface area (Å²) in [4.78, 5) is 24.9. The zero-order valence-electron chi connectivity index (χ0n) is 14.5. The molecule has 0 saturated carbocycles. The van der Waals surface area contributed by atoms with Crippen LogP contribution in [-0.2, 0) is 9.47 Å². The summed E-state index contributed by atoms with van der Waals surface area (Å²) in [6.07, 6.45) is 2.15. The highest BCUT2D eigenvalue weighted by atomic mass is 16.5. The second-order valence-corrected chi connectivity index (χ2v) is 6.09. The van der Waals surface area contributed by atoms with Crippen LogP contribution in [0.25, 0.3) is 11.3 Å². The van der Waals surface area contributed by atoms with Gasteiger partial charge in [-0.3, -0.25) is 4.79 Å². The molecule has 1 saturated heterocycles. The second kappa shape index (κ2) is 8.16. The molecular formula is C19H21NO6. The molecule has 0 spiro atoms. The van der Waals surface area contributed by atoms with Crippen LogP contribution in [0.3, 0.4) is 0 Å². The number of aromatic carboxylic acids is 1. The van der Waals surface area contributed by atoms with E-state index in [1.807, 2.05) is 24.3 Å². The van der Waals surface area contributed by atoms with E-state index in [1.54, 1.807) is 7.11 Å². The van der Waals surface area contributed by atoms with Crippen LogP contribution < -0.4 is 10.3 Å². The largest absolute Gasteiger partial charge is 0.477 e. The summed E-state index contributed by atoms with van der Waals surface area (Å²) >= 11 is 0. The van der Waals surface area contributed by atoms with Crippen molar-refractivity contribution in [2.75, 3.05) is 38.3 Å². The molecule has 0 radical (unpaired) electrons. The van der Waals surface area contributed by atoms with Crippen LogP contribution in [0.15, 0.2) is 45.8 Å². The first kappa shape index (κ1) is 18.2. The Morgan fingerprint density at radius 2 is 2.08 bits per heavy atom. The Hall–Kier alpha value is -2.64. The van der Waals surface area contributed by atoms with Crippen molar-refractivity contribution in [3.8, 4) is 11.3 Å². The van der Waals surface area contributed by atoms with Gasteiger partial charge in [-0.1, -0.05) is 0 Å². The monoisotopic (exact) mass is 359 g/mol. The van der Waals surface area contributed by atoms with Crippen molar-refractivity contribution in [3.05, 3.63) is 52.4 Å². The van der Waals surface area contributed by atoms with E-state index >= 15 is 0 Å². The smallest absolute Gasteiger partial charge is 0.342 e. The topological polar surface area (TPSA) is 89.2 Å². The van der Waals surface area contributed by atoms with Gasteiger partial charge in [0.2, 0.25) is 0 Å². The van der Waals surface area contributed by atoms with E-state index < -0.39 is 11.4 Å². The van der Waals surface area contributed by atoms with Crippen LogP contribution in [0.1, 0.15) is 16.8 Å². The third kappa shape index (κ3) is 4.12. The van der Waals surface area contributed by atoms with E-state index in [4.69, 9.17) is 19.0 Å². The highest BCUT2D eigenvalue weighted by Gasteiger charge is 2.23. The van der Waals surface area contributed by atoms with Crippen LogP contribution in [0.2, 0.25) is 0 Å². The molecule has 1 aromatic heterocycles. The van der Waals surface area contributed by atoms with E-state index in [9.17, 15) is 9.59 Å². The molecule has 1 aliphatic heterocycles. The van der Waals surface area contributed by atoms with Crippen molar-refractivity contribution >= 4 is 11.7 Å². The highest BCUT2D eigenvalue weighted by molar-refractivity contribution is 5.87. The first-order chi connectivity index (χ1) is 12.6. The second-order valence-electron chi connectivity index (χ2n) is 6.09. The number of ether oxygens (including phenoxy) is 2. The lowest BCUT2D eigenvalue weighted by atomic mass is 10.1. The Labute approximate surface area is 150 Å². The fourth-order valence-corrected chi connectivity index (χ4v) is 2.95. The van der Waals surface area contributed by atoms with Crippen molar-refractivity contribution in [3.63, 3.8) is 0 Å². The lowest BCUT2D eigenvalue weighted by Gasteiger charge is -2.19. The number of carboxylic acid groups (broad SMARTS) is 1. The molecule has 1 N–H and O–H groups in total. The van der Waals surface area contributed by atoms with Gasteiger partial charge in [0.25, 0.3) is 0 Å². The average molecular weight is 359 g/mol. The summed E-state index contributed by atoms with van der Waals surface area (Å²) in [5.74, 6) is -0.953. The predicted octanol–water partition coefficient (Wildman–Crippen LogP) is 2.25. The number of hydrogen-bond donors (Lipinski definition) is 1. The molecule has 2 aromatic rings. The van der Waals surface area contributed by atoms with Crippen molar-refractivity contribution in [2.45, 2.75) is 12.5 Å². The standard InChI is InChI=1S/C19H21NO6/c1-24-8-9-25-15-6-7-20(11-15)14-4-2-13(3-5-14)18-10-17(21)16(12-26-18)19(22)23/h2-5,10,12,15H,6-9,11H2,1H3,(H,22,23). The molecule has 7 heteroatoms. The van der Waals surface area contributed by atoms with E-state index in [1.165, 1.54) is 6.07 Å². The summed E-state index contributed by atoms with van der Waals surface area (Å²) in [6, 6.07) is 8.82. The first-order valence-electron chi connectivity index (χ1n) is 8.40. The lowest BCUT2D eigenvalue weighted by molar-refractivity contribution is 0.0280. The van der Waals surface area contributed by atoms with E-state index in [-0.39, 0.29) is 11.7 Å². The number of rotatable bonds is 7. The third-order valence-corrected chi connectivity index (χ3v) is 4.36. The molecule has 2 heterocycles. The Morgan fingerprint density at radius 1 is 1.31 bits per heavy atom. The minimum atomic E-state index is -1.29. The Morgan fingerprint density at radius 3 is 2.73 bits per heavy atom. The molecule has 0 bridgehead atoms. The molecule has 0 aliphatic carbocycles. The molecule has 7 nitrogen and oxygen atoms in total. The van der Waals surface area contributed by atoms with Crippen LogP contribution >= 0.6 is 0 Å². The maximum absolute atomic E-state index is 11.8. The van der Waals surface area contributed by atoms with Crippen molar-refractivity contribution in [2.24, 2.45) is 0 Å². The van der Waals surface area contributed by atoms with Gasteiger partial charge in [-0.05, 0) is 30.7 Å². The summed E-state index contributed by atoms with van der Waals surface area (Å²) in [7, 11) is 1.66. The summed E-state index contributed by atoms with van der Waals surface area (Å²) in [5.41, 5.74) is 0.839. The molecule has 138 valence electrons. The number of benzene rings is 1. The molecule has 0 amide bonds. The van der Waals surface area contributed by atoms with Crippen molar-refractivity contribution < 1.29 is 23.8 Å². The van der Waals surface area contributed by atoms with Gasteiger partial charge in [0.05, 0.1) is 19.3 Å². The molecular weight excluding hydrogens is 338 g/mol. The van der Waals surface area contributed by atoms with Crippen LogP contribution in [0.4, 0.5) is 5.69 Å². The zero-order valence-corrected chi connectivity index (χ0v) is 14.5. The number of nitrogens with zero attached hydrogens (tertiary/aromatic N) is 1. The molecule has 1 aliphatic rings. The molecule has 3 rings (SSSR count). The van der Waals surface area contributed by atoms with Gasteiger partial charge in [-0.2, -0.15) is 0 Å². The maximum Gasteiger partial charge on any atom is 0.342 e. The van der Waals surface area contributed by atoms with Gasteiger partial charge in [0, 0.05) is 37.5 Å². The Kier molecular flexibility index (Phi) is 5.70. The van der Waals surface area contributed by atoms with E-state index in [0.717, 1.165) is 37.0 Å². The Bertz CT molecular complexity index is 814. The van der Waals surface area contributed by atoms with E-state index in [2.05, 4.69) is 4.90 Å². The van der Waals surface area contributed by atoms with Gasteiger partial charge in [0.1, 0.15) is 17.6 Å². The van der Waals surface area contributed by atoms with Gasteiger partial charge in [-0.15, -0.1) is 0 Å².